The van der Waals surface area contributed by atoms with Crippen LogP contribution in [0, 0.1) is 0 Å². The van der Waals surface area contributed by atoms with E-state index in [0.29, 0.717) is 12.0 Å². The Hall–Kier alpha value is -4.14. The molecule has 2 unspecified atom stereocenters. The fraction of sp³-hybridized carbons (Fsp3) is 0.455. The van der Waals surface area contributed by atoms with Crippen molar-refractivity contribution >= 4 is 29.9 Å². The Morgan fingerprint density at radius 2 is 1.69 bits per heavy atom. The van der Waals surface area contributed by atoms with E-state index in [2.05, 4.69) is 24.1 Å². The number of ether oxygens (including phenoxy) is 1. The summed E-state index contributed by atoms with van der Waals surface area (Å²) in [5.41, 5.74) is 6.93. The highest BCUT2D eigenvalue weighted by molar-refractivity contribution is 5.94. The molecule has 0 saturated heterocycles. The van der Waals surface area contributed by atoms with Crippen LogP contribution in [0.2, 0.25) is 0 Å². The lowest BCUT2D eigenvalue weighted by Gasteiger charge is -2.34. The summed E-state index contributed by atoms with van der Waals surface area (Å²) in [7, 11) is 0. The van der Waals surface area contributed by atoms with Crippen molar-refractivity contribution in [2.45, 2.75) is 90.4 Å². The molecule has 0 aliphatic heterocycles. The van der Waals surface area contributed by atoms with Crippen LogP contribution in [0.3, 0.4) is 0 Å². The summed E-state index contributed by atoms with van der Waals surface area (Å²) in [6.45, 7) is 11.5. The molecule has 4 N–H and O–H groups in total. The number of rotatable bonds is 16. The van der Waals surface area contributed by atoms with Crippen molar-refractivity contribution in [3.8, 4) is 0 Å². The number of benzene rings is 2. The molecular formula is C33H46N4O5. The Morgan fingerprint density at radius 3 is 2.31 bits per heavy atom. The number of nitrogens with two attached hydrogens (primary N) is 1. The second-order valence-electron chi connectivity index (χ2n) is 11.3. The fourth-order valence-corrected chi connectivity index (χ4v) is 4.51. The van der Waals surface area contributed by atoms with Crippen LogP contribution in [-0.4, -0.2) is 46.9 Å². The van der Waals surface area contributed by atoms with Gasteiger partial charge in [-0.25, -0.2) is 4.79 Å². The summed E-state index contributed by atoms with van der Waals surface area (Å²) < 4.78 is 5.35. The molecule has 0 heterocycles. The van der Waals surface area contributed by atoms with Gasteiger partial charge in [-0.3, -0.25) is 14.4 Å². The second kappa shape index (κ2) is 17.0. The minimum Gasteiger partial charge on any atom is -0.444 e. The van der Waals surface area contributed by atoms with E-state index in [0.717, 1.165) is 36.8 Å². The molecule has 0 aromatic heterocycles. The average Bonchev–Trinajstić information content (AvgIpc) is 2.94. The topological polar surface area (TPSA) is 131 Å². The molecule has 0 fully saturated rings. The first-order valence-corrected chi connectivity index (χ1v) is 14.6. The quantitative estimate of drug-likeness (QED) is 0.234. The number of primary amides is 1. The number of alkyl carbamates (subject to hydrolysis) is 1. The van der Waals surface area contributed by atoms with Gasteiger partial charge in [-0.1, -0.05) is 93.8 Å². The molecule has 2 aromatic rings. The van der Waals surface area contributed by atoms with E-state index in [4.69, 9.17) is 10.5 Å². The van der Waals surface area contributed by atoms with Gasteiger partial charge in [0.1, 0.15) is 17.7 Å². The molecule has 9 nitrogen and oxygen atoms in total. The summed E-state index contributed by atoms with van der Waals surface area (Å²) in [6, 6.07) is 14.3. The summed E-state index contributed by atoms with van der Waals surface area (Å²) in [4.78, 5) is 54.3. The third-order valence-corrected chi connectivity index (χ3v) is 6.51. The third-order valence-electron chi connectivity index (χ3n) is 6.51. The van der Waals surface area contributed by atoms with Crippen molar-refractivity contribution in [1.29, 1.82) is 0 Å². The normalized spacial score (nSPS) is 12.5. The Kier molecular flexibility index (Phi) is 13.8. The molecule has 0 bridgehead atoms. The summed E-state index contributed by atoms with van der Waals surface area (Å²) in [5, 5.41) is 5.49. The molecule has 9 heteroatoms. The zero-order valence-corrected chi connectivity index (χ0v) is 25.4. The highest BCUT2D eigenvalue weighted by Gasteiger charge is 2.36. The number of carbonyl (C=O) groups excluding carboxylic acids is 4. The summed E-state index contributed by atoms with van der Waals surface area (Å²) >= 11 is 0. The average molecular weight is 579 g/mol. The van der Waals surface area contributed by atoms with Crippen LogP contribution in [0.5, 0.6) is 0 Å². The molecule has 0 aliphatic carbocycles. The van der Waals surface area contributed by atoms with Crippen molar-refractivity contribution in [3.05, 3.63) is 77.9 Å². The van der Waals surface area contributed by atoms with Gasteiger partial charge in [-0.15, -0.1) is 0 Å². The molecule has 2 rings (SSSR count). The molecule has 42 heavy (non-hydrogen) atoms. The fourth-order valence-electron chi connectivity index (χ4n) is 4.51. The van der Waals surface area contributed by atoms with Crippen molar-refractivity contribution < 1.29 is 23.9 Å². The predicted molar refractivity (Wildman–Crippen MR) is 165 cm³/mol. The minimum absolute atomic E-state index is 0.232. The Morgan fingerprint density at radius 1 is 1.00 bits per heavy atom. The standard InChI is InChI=1S/C33H46N4O5/c1-6-8-9-10-14-20-37(31(40)27(22-28(34)38)36-32(41)42-33(3,4)5)29(26-19-15-18-24(7-2)21-26)30(39)35-23-25-16-12-11-13-17-25/h7,11-13,15-19,21,27,29H,2,6,8-10,14,20,22-23H2,1,3-5H3,(H2,34,38)(H,35,39)(H,36,41). The first kappa shape index (κ1) is 34.1. The van der Waals surface area contributed by atoms with E-state index in [1.54, 1.807) is 39.0 Å². The maximum atomic E-state index is 14.2. The molecule has 0 spiro atoms. The van der Waals surface area contributed by atoms with E-state index in [9.17, 15) is 19.2 Å². The van der Waals surface area contributed by atoms with Crippen LogP contribution >= 0.6 is 0 Å². The summed E-state index contributed by atoms with van der Waals surface area (Å²) in [6.07, 6.45) is 4.94. The highest BCUT2D eigenvalue weighted by atomic mass is 16.6. The van der Waals surface area contributed by atoms with Crippen LogP contribution in [0.25, 0.3) is 6.08 Å². The van der Waals surface area contributed by atoms with Crippen molar-refractivity contribution in [2.75, 3.05) is 6.54 Å². The SMILES string of the molecule is C=Cc1cccc(C(C(=O)NCc2ccccc2)N(CCCCCCC)C(=O)C(CC(N)=O)NC(=O)OC(C)(C)C)c1. The number of hydrogen-bond acceptors (Lipinski definition) is 5. The molecule has 2 aromatic carbocycles. The lowest BCUT2D eigenvalue weighted by Crippen LogP contribution is -2.54. The largest absolute Gasteiger partial charge is 0.444 e. The van der Waals surface area contributed by atoms with Crippen LogP contribution in [-0.2, 0) is 25.7 Å². The summed E-state index contributed by atoms with van der Waals surface area (Å²) in [5.74, 6) is -1.76. The molecule has 4 amide bonds. The van der Waals surface area contributed by atoms with E-state index in [1.165, 1.54) is 4.90 Å². The Labute approximate surface area is 249 Å². The minimum atomic E-state index is -1.32. The Balaban J connectivity index is 2.51. The number of amides is 4. The zero-order chi connectivity index (χ0) is 31.1. The predicted octanol–water partition coefficient (Wildman–Crippen LogP) is 5.25. The number of unbranched alkanes of at least 4 members (excludes halogenated alkanes) is 4. The van der Waals surface area contributed by atoms with Gasteiger partial charge in [0.2, 0.25) is 17.7 Å². The van der Waals surface area contributed by atoms with Gasteiger partial charge in [-0.05, 0) is 49.9 Å². The third kappa shape index (κ3) is 11.8. The number of carbonyl (C=O) groups is 4. The van der Waals surface area contributed by atoms with Crippen molar-refractivity contribution in [3.63, 3.8) is 0 Å². The van der Waals surface area contributed by atoms with E-state index >= 15 is 0 Å². The van der Waals surface area contributed by atoms with E-state index in [1.807, 2.05) is 42.5 Å². The van der Waals surface area contributed by atoms with Crippen LogP contribution in [0.4, 0.5) is 4.79 Å². The van der Waals surface area contributed by atoms with Crippen molar-refractivity contribution in [1.82, 2.24) is 15.5 Å². The van der Waals surface area contributed by atoms with E-state index in [-0.39, 0.29) is 13.1 Å². The molecule has 2 atom stereocenters. The van der Waals surface area contributed by atoms with Gasteiger partial charge in [0.25, 0.3) is 0 Å². The molecule has 0 saturated carbocycles. The maximum Gasteiger partial charge on any atom is 0.408 e. The molecule has 0 aliphatic rings. The van der Waals surface area contributed by atoms with Crippen LogP contribution in [0.1, 0.15) is 89.0 Å². The van der Waals surface area contributed by atoms with Crippen LogP contribution in [0.15, 0.2) is 61.2 Å². The maximum absolute atomic E-state index is 14.2. The first-order chi connectivity index (χ1) is 19.9. The first-order valence-electron chi connectivity index (χ1n) is 14.6. The molecular weight excluding hydrogens is 532 g/mol. The number of nitrogens with zero attached hydrogens (tertiary/aromatic N) is 1. The van der Waals surface area contributed by atoms with Crippen LogP contribution < -0.4 is 16.4 Å². The second-order valence-corrected chi connectivity index (χ2v) is 11.3. The van der Waals surface area contributed by atoms with Gasteiger partial charge >= 0.3 is 6.09 Å². The number of hydrogen-bond donors (Lipinski definition) is 3. The lowest BCUT2D eigenvalue weighted by molar-refractivity contribution is -0.143. The smallest absolute Gasteiger partial charge is 0.408 e. The van der Waals surface area contributed by atoms with Crippen molar-refractivity contribution in [2.24, 2.45) is 5.73 Å². The van der Waals surface area contributed by atoms with E-state index < -0.39 is 47.9 Å². The van der Waals surface area contributed by atoms with Gasteiger partial charge in [0, 0.05) is 13.1 Å². The van der Waals surface area contributed by atoms with Gasteiger partial charge in [0.15, 0.2) is 0 Å². The Bertz CT molecular complexity index is 1190. The van der Waals surface area contributed by atoms with Gasteiger partial charge in [-0.2, -0.15) is 0 Å². The van der Waals surface area contributed by atoms with Gasteiger partial charge in [0.05, 0.1) is 6.42 Å². The monoisotopic (exact) mass is 578 g/mol. The lowest BCUT2D eigenvalue weighted by atomic mass is 9.99. The molecule has 0 radical (unpaired) electrons. The van der Waals surface area contributed by atoms with Gasteiger partial charge < -0.3 is 26.0 Å². The zero-order valence-electron chi connectivity index (χ0n) is 25.4. The number of nitrogens with one attached hydrogen (secondary N) is 2. The highest BCUT2D eigenvalue weighted by Crippen LogP contribution is 2.26. The molecule has 228 valence electrons.